The molecule has 1 aliphatic heterocycles. The summed E-state index contributed by atoms with van der Waals surface area (Å²) in [5, 5.41) is 0.464. The number of para-hydroxylation sites is 1. The van der Waals surface area contributed by atoms with Crippen LogP contribution in [-0.4, -0.2) is 74.7 Å². The molecular weight excluding hydrogens is 425 g/mol. The molecule has 7 nitrogen and oxygen atoms in total. The fraction of sp³-hybridized carbons (Fsp3) is 0.455. The van der Waals surface area contributed by atoms with Gasteiger partial charge < -0.3 is 18.8 Å². The van der Waals surface area contributed by atoms with Crippen LogP contribution in [0.4, 0.5) is 0 Å². The second-order valence-corrected chi connectivity index (χ2v) is 9.45. The minimum atomic E-state index is -1.34. The van der Waals surface area contributed by atoms with Gasteiger partial charge in [-0.05, 0) is 45.4 Å². The van der Waals surface area contributed by atoms with E-state index in [0.29, 0.717) is 25.0 Å². The summed E-state index contributed by atoms with van der Waals surface area (Å²) in [6.07, 6.45) is 1.69. The monoisotopic (exact) mass is 452 g/mol. The van der Waals surface area contributed by atoms with Crippen LogP contribution in [0.25, 0.3) is 11.0 Å². The molecule has 1 aromatic carbocycles. The van der Waals surface area contributed by atoms with Crippen LogP contribution in [-0.2, 0) is 26.4 Å². The van der Waals surface area contributed by atoms with Gasteiger partial charge in [-0.15, -0.1) is 0 Å². The normalized spacial score (nSPS) is 17.3. The van der Waals surface area contributed by atoms with Gasteiger partial charge in [-0.3, -0.25) is 9.97 Å². The predicted molar refractivity (Wildman–Crippen MR) is 121 cm³/mol. The number of aromatic amines is 1. The van der Waals surface area contributed by atoms with Crippen molar-refractivity contribution < 1.29 is 18.8 Å². The third-order valence-electron chi connectivity index (χ3n) is 5.24. The van der Waals surface area contributed by atoms with Crippen LogP contribution >= 0.6 is 0 Å². The fourth-order valence-corrected chi connectivity index (χ4v) is 4.44. The van der Waals surface area contributed by atoms with Crippen LogP contribution < -0.4 is 4.74 Å². The van der Waals surface area contributed by atoms with E-state index in [0.717, 1.165) is 33.6 Å². The molecule has 1 N–H and O–H groups in total. The number of fused-ring (bicyclic) bond motifs is 1. The largest absolute Gasteiger partial charge is 0.609 e. The van der Waals surface area contributed by atoms with Crippen molar-refractivity contribution in [3.8, 4) is 5.75 Å². The predicted octanol–water partition coefficient (Wildman–Crippen LogP) is 3.28. The molecule has 1 aliphatic rings. The molecule has 0 spiro atoms. The Labute approximate surface area is 207 Å². The summed E-state index contributed by atoms with van der Waals surface area (Å²) < 4.78 is 30.3. The Balaban J connectivity index is 0.00000272. The third kappa shape index (κ3) is 5.82. The van der Waals surface area contributed by atoms with Gasteiger partial charge in [0.25, 0.3) is 0 Å². The van der Waals surface area contributed by atoms with E-state index in [1.54, 1.807) is 6.20 Å². The molecule has 3 heterocycles. The van der Waals surface area contributed by atoms with Crippen molar-refractivity contribution in [2.45, 2.75) is 44.4 Å². The van der Waals surface area contributed by atoms with Crippen LogP contribution in [0.3, 0.4) is 0 Å². The van der Waals surface area contributed by atoms with Gasteiger partial charge in [-0.25, -0.2) is 0 Å². The van der Waals surface area contributed by atoms with Crippen molar-refractivity contribution in [1.29, 1.82) is 0 Å². The van der Waals surface area contributed by atoms with E-state index in [2.05, 4.69) is 15.0 Å². The van der Waals surface area contributed by atoms with Crippen molar-refractivity contribution in [3.05, 3.63) is 47.3 Å². The van der Waals surface area contributed by atoms with Gasteiger partial charge in [0.15, 0.2) is 11.5 Å². The first-order chi connectivity index (χ1) is 14.3. The van der Waals surface area contributed by atoms with Crippen LogP contribution in [0.2, 0.25) is 0 Å². The summed E-state index contributed by atoms with van der Waals surface area (Å²) in [4.78, 5) is 12.1. The van der Waals surface area contributed by atoms with Crippen LogP contribution in [0.1, 0.15) is 30.7 Å². The van der Waals surface area contributed by atoms with E-state index in [-0.39, 0.29) is 41.2 Å². The van der Waals surface area contributed by atoms with Gasteiger partial charge in [-0.2, -0.15) is 4.98 Å². The Morgan fingerprint density at radius 2 is 1.97 bits per heavy atom. The van der Waals surface area contributed by atoms with Gasteiger partial charge in [0.05, 0.1) is 36.5 Å². The van der Waals surface area contributed by atoms with Crippen LogP contribution in [0.15, 0.2) is 35.6 Å². The van der Waals surface area contributed by atoms with E-state index in [1.165, 1.54) is 0 Å². The first-order valence-corrected chi connectivity index (χ1v) is 11.3. The zero-order valence-corrected chi connectivity index (χ0v) is 21.5. The topological polar surface area (TPSA) is 92.3 Å². The molecule has 1 saturated heterocycles. The van der Waals surface area contributed by atoms with Crippen molar-refractivity contribution in [2.75, 3.05) is 19.8 Å². The summed E-state index contributed by atoms with van der Waals surface area (Å²) in [5.74, 6) is 0.644. The number of nitrogens with zero attached hydrogens (tertiary/aromatic N) is 2. The number of nitrogens with one attached hydrogen (secondary N) is 1. The molecule has 1 fully saturated rings. The molecule has 9 heteroatoms. The minimum absolute atomic E-state index is 0. The Morgan fingerprint density at radius 1 is 1.23 bits per heavy atom. The third-order valence-corrected chi connectivity index (χ3v) is 6.40. The van der Waals surface area contributed by atoms with E-state index < -0.39 is 17.0 Å². The number of hydrogen-bond acceptors (Lipinski definition) is 6. The van der Waals surface area contributed by atoms with E-state index >= 15 is 0 Å². The van der Waals surface area contributed by atoms with E-state index in [9.17, 15) is 4.55 Å². The number of benzene rings is 1. The maximum atomic E-state index is 12.9. The van der Waals surface area contributed by atoms with Gasteiger partial charge in [0.2, 0.25) is 0 Å². The quantitative estimate of drug-likeness (QED) is 0.456. The number of H-pyrrole nitrogens is 1. The van der Waals surface area contributed by atoms with Gasteiger partial charge in [0.1, 0.15) is 5.75 Å². The summed E-state index contributed by atoms with van der Waals surface area (Å²) >= 11 is -1.34. The molecule has 0 saturated carbocycles. The van der Waals surface area contributed by atoms with Crippen LogP contribution in [0.5, 0.6) is 5.75 Å². The Hall–Kier alpha value is -1.13. The number of pyridine rings is 1. The standard InChI is InChI=1S/C22H27N3O4S.Na/c1-14-6-5-7-17-20(14)25-21(24-17)30(26)13-18-15(2)19(8-9-23-18)27-10-16-11-28-22(3,4)29-12-16;/h5-9,16H,10-13H2,1-4H3,(H,24,25);. The maximum Gasteiger partial charge on any atom is 0.322 e. The average molecular weight is 453 g/mol. The minimum Gasteiger partial charge on any atom is -0.609 e. The molecule has 2 aromatic heterocycles. The number of aromatic nitrogens is 3. The first kappa shape index (κ1) is 24.5. The molecule has 31 heavy (non-hydrogen) atoms. The molecule has 0 aliphatic carbocycles. The molecule has 4 rings (SSSR count). The molecular formula is C22H27N3NaO4S. The van der Waals surface area contributed by atoms with Gasteiger partial charge >= 0.3 is 5.16 Å². The zero-order valence-electron chi connectivity index (χ0n) is 18.7. The molecule has 1 atom stereocenters. The second-order valence-electron chi connectivity index (χ2n) is 8.08. The van der Waals surface area contributed by atoms with E-state index in [1.807, 2.05) is 52.0 Å². The van der Waals surface area contributed by atoms with Crippen molar-refractivity contribution >= 4 is 51.8 Å². The zero-order chi connectivity index (χ0) is 21.3. The SMILES string of the molecule is Cc1c(OCC2COC(C)(C)OC2)ccnc1C[S+]([O-])c1nc2c(C)cccc2[nH]1.[Na]. The molecule has 3 aromatic rings. The number of hydrogen-bond donors (Lipinski definition) is 1. The fourth-order valence-electron chi connectivity index (χ4n) is 3.34. The molecule has 0 bridgehead atoms. The summed E-state index contributed by atoms with van der Waals surface area (Å²) in [5.41, 5.74) is 4.41. The molecule has 1 radical (unpaired) electrons. The smallest absolute Gasteiger partial charge is 0.322 e. The molecule has 0 amide bonds. The summed E-state index contributed by atoms with van der Waals surface area (Å²) in [6, 6.07) is 7.72. The number of aryl methyl sites for hydroxylation is 1. The summed E-state index contributed by atoms with van der Waals surface area (Å²) in [7, 11) is 0. The summed E-state index contributed by atoms with van der Waals surface area (Å²) in [6.45, 7) is 9.44. The van der Waals surface area contributed by atoms with Crippen molar-refractivity contribution in [2.24, 2.45) is 5.92 Å². The number of rotatable bonds is 6. The molecule has 161 valence electrons. The Morgan fingerprint density at radius 3 is 2.68 bits per heavy atom. The maximum absolute atomic E-state index is 12.9. The molecule has 1 unspecified atom stereocenters. The number of imidazole rings is 1. The Bertz CT molecular complexity index is 1030. The first-order valence-electron chi connectivity index (χ1n) is 10.0. The average Bonchev–Trinajstić information content (AvgIpc) is 3.15. The number of ether oxygens (including phenoxy) is 3. The second kappa shape index (κ2) is 10.2. The van der Waals surface area contributed by atoms with E-state index in [4.69, 9.17) is 14.2 Å². The van der Waals surface area contributed by atoms with Gasteiger partial charge in [-0.1, -0.05) is 12.1 Å². The van der Waals surface area contributed by atoms with Crippen molar-refractivity contribution in [3.63, 3.8) is 0 Å². The van der Waals surface area contributed by atoms with Crippen molar-refractivity contribution in [1.82, 2.24) is 15.0 Å². The Kier molecular flexibility index (Phi) is 8.07. The van der Waals surface area contributed by atoms with Crippen LogP contribution in [0, 0.1) is 19.8 Å². The van der Waals surface area contributed by atoms with Gasteiger partial charge in [0, 0.05) is 58.4 Å².